The molecule has 1 aromatic heterocycles. The summed E-state index contributed by atoms with van der Waals surface area (Å²) >= 11 is 0. The van der Waals surface area contributed by atoms with Crippen LogP contribution in [-0.4, -0.2) is 43.3 Å². The predicted octanol–water partition coefficient (Wildman–Crippen LogP) is 3.42. The lowest BCUT2D eigenvalue weighted by molar-refractivity contribution is 0.410. The van der Waals surface area contributed by atoms with Crippen molar-refractivity contribution in [1.29, 1.82) is 0 Å². The summed E-state index contributed by atoms with van der Waals surface area (Å²) in [6.07, 6.45) is 1.82. The molecule has 6 nitrogen and oxygen atoms in total. The summed E-state index contributed by atoms with van der Waals surface area (Å²) in [4.78, 5) is 13.8. The maximum absolute atomic E-state index is 5.41. The molecule has 2 aromatic carbocycles. The topological polar surface area (TPSA) is 53.5 Å². The van der Waals surface area contributed by atoms with E-state index in [4.69, 9.17) is 9.72 Å². The number of ether oxygens (including phenoxy) is 1. The van der Waals surface area contributed by atoms with E-state index >= 15 is 0 Å². The molecule has 28 heavy (non-hydrogen) atoms. The van der Waals surface area contributed by atoms with Crippen LogP contribution in [0.2, 0.25) is 0 Å². The molecule has 0 bridgehead atoms. The van der Waals surface area contributed by atoms with Crippen LogP contribution in [0.5, 0.6) is 5.75 Å². The molecule has 1 aliphatic heterocycles. The van der Waals surface area contributed by atoms with Gasteiger partial charge in [-0.1, -0.05) is 36.4 Å². The van der Waals surface area contributed by atoms with Crippen LogP contribution in [-0.2, 0) is 6.54 Å². The number of nitrogens with one attached hydrogen (secondary N) is 1. The van der Waals surface area contributed by atoms with Crippen molar-refractivity contribution in [2.24, 2.45) is 0 Å². The van der Waals surface area contributed by atoms with Crippen molar-refractivity contribution < 1.29 is 4.74 Å². The molecule has 0 radical (unpaired) electrons. The molecule has 1 fully saturated rings. The first-order valence-corrected chi connectivity index (χ1v) is 9.57. The van der Waals surface area contributed by atoms with Crippen molar-refractivity contribution in [3.63, 3.8) is 0 Å². The van der Waals surface area contributed by atoms with E-state index in [1.165, 1.54) is 5.69 Å². The molecule has 0 saturated carbocycles. The fourth-order valence-corrected chi connectivity index (χ4v) is 3.44. The van der Waals surface area contributed by atoms with Gasteiger partial charge in [0.15, 0.2) is 0 Å². The van der Waals surface area contributed by atoms with E-state index in [1.54, 1.807) is 7.11 Å². The highest BCUT2D eigenvalue weighted by molar-refractivity contribution is 5.49. The van der Waals surface area contributed by atoms with Gasteiger partial charge in [-0.2, -0.15) is 4.98 Å². The van der Waals surface area contributed by atoms with Crippen LogP contribution in [0.4, 0.5) is 17.5 Å². The van der Waals surface area contributed by atoms with Crippen LogP contribution in [0.3, 0.4) is 0 Å². The summed E-state index contributed by atoms with van der Waals surface area (Å²) in [5.74, 6) is 2.47. The molecule has 1 saturated heterocycles. The highest BCUT2D eigenvalue weighted by Crippen LogP contribution is 2.20. The van der Waals surface area contributed by atoms with Gasteiger partial charge >= 0.3 is 0 Å². The van der Waals surface area contributed by atoms with Crippen LogP contribution < -0.4 is 19.9 Å². The van der Waals surface area contributed by atoms with E-state index in [-0.39, 0.29) is 0 Å². The van der Waals surface area contributed by atoms with Crippen molar-refractivity contribution in [3.8, 4) is 5.75 Å². The normalized spacial score (nSPS) is 14.0. The van der Waals surface area contributed by atoms with Gasteiger partial charge in [0.1, 0.15) is 11.6 Å². The molecule has 0 amide bonds. The van der Waals surface area contributed by atoms with Crippen molar-refractivity contribution in [3.05, 3.63) is 72.4 Å². The lowest BCUT2D eigenvalue weighted by Crippen LogP contribution is -2.47. The Hall–Kier alpha value is -3.28. The summed E-state index contributed by atoms with van der Waals surface area (Å²) < 4.78 is 5.41. The first-order chi connectivity index (χ1) is 13.8. The van der Waals surface area contributed by atoms with Gasteiger partial charge < -0.3 is 19.9 Å². The summed E-state index contributed by atoms with van der Waals surface area (Å²) in [6.45, 7) is 4.40. The average Bonchev–Trinajstić information content (AvgIpc) is 2.79. The van der Waals surface area contributed by atoms with E-state index < -0.39 is 0 Å². The lowest BCUT2D eigenvalue weighted by Gasteiger charge is -2.36. The van der Waals surface area contributed by atoms with E-state index in [9.17, 15) is 0 Å². The summed E-state index contributed by atoms with van der Waals surface area (Å²) in [6, 6.07) is 20.4. The molecule has 144 valence electrons. The van der Waals surface area contributed by atoms with Crippen LogP contribution >= 0.6 is 0 Å². The van der Waals surface area contributed by atoms with Gasteiger partial charge in [-0.3, -0.25) is 0 Å². The number of nitrogens with zero attached hydrogens (tertiary/aromatic N) is 4. The minimum atomic E-state index is 0.655. The third kappa shape index (κ3) is 4.17. The zero-order valence-corrected chi connectivity index (χ0v) is 16.1. The van der Waals surface area contributed by atoms with Gasteiger partial charge in [-0.25, -0.2) is 4.98 Å². The number of rotatable bonds is 6. The number of para-hydroxylation sites is 2. The first kappa shape index (κ1) is 18.1. The van der Waals surface area contributed by atoms with Crippen LogP contribution in [0.1, 0.15) is 5.56 Å². The molecule has 2 heterocycles. The van der Waals surface area contributed by atoms with E-state index in [1.807, 2.05) is 30.5 Å². The van der Waals surface area contributed by atoms with Crippen LogP contribution in [0.15, 0.2) is 66.9 Å². The molecule has 6 heteroatoms. The zero-order valence-electron chi connectivity index (χ0n) is 16.1. The van der Waals surface area contributed by atoms with E-state index in [2.05, 4.69) is 56.5 Å². The number of methoxy groups -OCH3 is 1. The molecule has 4 rings (SSSR count). The molecule has 0 spiro atoms. The molecular weight excluding hydrogens is 350 g/mol. The van der Waals surface area contributed by atoms with Crippen LogP contribution in [0.25, 0.3) is 0 Å². The largest absolute Gasteiger partial charge is 0.496 e. The number of anilines is 3. The minimum Gasteiger partial charge on any atom is -0.496 e. The summed E-state index contributed by atoms with van der Waals surface area (Å²) in [5.41, 5.74) is 2.37. The maximum Gasteiger partial charge on any atom is 0.227 e. The molecule has 0 aliphatic carbocycles. The maximum atomic E-state index is 5.41. The third-order valence-corrected chi connectivity index (χ3v) is 4.98. The number of hydrogen-bond acceptors (Lipinski definition) is 6. The Bertz CT molecular complexity index is 894. The predicted molar refractivity (Wildman–Crippen MR) is 113 cm³/mol. The Balaban J connectivity index is 1.38. The second-order valence-corrected chi connectivity index (χ2v) is 6.72. The molecule has 1 N–H and O–H groups in total. The Morgan fingerprint density at radius 1 is 0.893 bits per heavy atom. The lowest BCUT2D eigenvalue weighted by atomic mass is 10.2. The molecule has 0 unspecified atom stereocenters. The monoisotopic (exact) mass is 375 g/mol. The molecule has 3 aromatic rings. The smallest absolute Gasteiger partial charge is 0.227 e. The van der Waals surface area contributed by atoms with Gasteiger partial charge in [-0.15, -0.1) is 0 Å². The number of hydrogen-bond donors (Lipinski definition) is 1. The first-order valence-electron chi connectivity index (χ1n) is 9.57. The number of aromatic nitrogens is 2. The van der Waals surface area contributed by atoms with Crippen molar-refractivity contribution in [2.75, 3.05) is 48.4 Å². The third-order valence-electron chi connectivity index (χ3n) is 4.98. The molecule has 0 atom stereocenters. The molecule has 1 aliphatic rings. The van der Waals surface area contributed by atoms with Crippen molar-refractivity contribution in [2.45, 2.75) is 6.54 Å². The SMILES string of the molecule is COc1ccccc1CNc1ccnc(N2CCN(c3ccccc3)CC2)n1. The van der Waals surface area contributed by atoms with E-state index in [0.29, 0.717) is 6.54 Å². The minimum absolute atomic E-state index is 0.655. The summed E-state index contributed by atoms with van der Waals surface area (Å²) in [7, 11) is 1.69. The number of benzene rings is 2. The van der Waals surface area contributed by atoms with Gasteiger partial charge in [0, 0.05) is 50.2 Å². The highest BCUT2D eigenvalue weighted by Gasteiger charge is 2.19. The fourth-order valence-electron chi connectivity index (χ4n) is 3.44. The van der Waals surface area contributed by atoms with Gasteiger partial charge in [0.2, 0.25) is 5.95 Å². The average molecular weight is 375 g/mol. The zero-order chi connectivity index (χ0) is 19.2. The fraction of sp³-hybridized carbons (Fsp3) is 0.273. The van der Waals surface area contributed by atoms with Crippen LogP contribution in [0, 0.1) is 0 Å². The Morgan fingerprint density at radius 2 is 1.61 bits per heavy atom. The van der Waals surface area contributed by atoms with Gasteiger partial charge in [0.05, 0.1) is 7.11 Å². The molecular formula is C22H25N5O. The second kappa shape index (κ2) is 8.61. The number of piperazine rings is 1. The van der Waals surface area contributed by atoms with Gasteiger partial charge in [-0.05, 0) is 24.3 Å². The van der Waals surface area contributed by atoms with Crippen molar-refractivity contribution >= 4 is 17.5 Å². The van der Waals surface area contributed by atoms with E-state index in [0.717, 1.165) is 49.3 Å². The summed E-state index contributed by atoms with van der Waals surface area (Å²) in [5, 5.41) is 3.38. The Morgan fingerprint density at radius 3 is 2.39 bits per heavy atom. The van der Waals surface area contributed by atoms with Gasteiger partial charge in [0.25, 0.3) is 0 Å². The standard InChI is InChI=1S/C22H25N5O/c1-28-20-10-6-5-7-18(20)17-24-21-11-12-23-22(25-21)27-15-13-26(14-16-27)19-8-3-2-4-9-19/h2-12H,13-17H2,1H3,(H,23,24,25). The Kier molecular flexibility index (Phi) is 5.56. The quantitative estimate of drug-likeness (QED) is 0.712. The highest BCUT2D eigenvalue weighted by atomic mass is 16.5. The Labute approximate surface area is 165 Å². The second-order valence-electron chi connectivity index (χ2n) is 6.72. The van der Waals surface area contributed by atoms with Crippen molar-refractivity contribution in [1.82, 2.24) is 9.97 Å².